The molecule has 3 heteroatoms. The second-order valence-corrected chi connectivity index (χ2v) is 3.65. The molecular weight excluding hydrogens is 183 g/mol. The standard InChI is InChI=1S/C12H13BN2/c13-11(8-14)6-9-3-4-10-2-1-5-15-12(10)7-9/h1-7H,8,13-14H2/b11-6+. The Morgan fingerprint density at radius 1 is 1.40 bits per heavy atom. The molecule has 0 aliphatic heterocycles. The molecule has 0 saturated carbocycles. The van der Waals surface area contributed by atoms with Crippen LogP contribution >= 0.6 is 0 Å². The summed E-state index contributed by atoms with van der Waals surface area (Å²) in [6.45, 7) is 0.597. The molecule has 0 bridgehead atoms. The van der Waals surface area contributed by atoms with Gasteiger partial charge in [-0.05, 0) is 17.7 Å². The van der Waals surface area contributed by atoms with Crippen molar-refractivity contribution in [1.29, 1.82) is 0 Å². The van der Waals surface area contributed by atoms with Gasteiger partial charge in [0, 0.05) is 18.1 Å². The molecule has 2 N–H and O–H groups in total. The molecule has 0 saturated heterocycles. The maximum Gasteiger partial charge on any atom is 0.135 e. The van der Waals surface area contributed by atoms with E-state index in [0.29, 0.717) is 6.54 Å². The largest absolute Gasteiger partial charge is 0.328 e. The van der Waals surface area contributed by atoms with Crippen molar-refractivity contribution in [1.82, 2.24) is 4.98 Å². The molecule has 0 fully saturated rings. The van der Waals surface area contributed by atoms with E-state index in [1.54, 1.807) is 0 Å². The third-order valence-corrected chi connectivity index (χ3v) is 2.37. The van der Waals surface area contributed by atoms with Crippen molar-refractivity contribution in [3.63, 3.8) is 0 Å². The minimum Gasteiger partial charge on any atom is -0.328 e. The van der Waals surface area contributed by atoms with Crippen LogP contribution in [0.5, 0.6) is 0 Å². The summed E-state index contributed by atoms with van der Waals surface area (Å²) in [5.41, 5.74) is 8.90. The van der Waals surface area contributed by atoms with Crippen molar-refractivity contribution in [2.45, 2.75) is 0 Å². The Bertz CT molecular complexity index is 506. The number of nitrogens with two attached hydrogens (primary N) is 1. The average molecular weight is 196 g/mol. The summed E-state index contributed by atoms with van der Waals surface area (Å²) in [6.07, 6.45) is 3.90. The number of rotatable bonds is 2. The highest BCUT2D eigenvalue weighted by molar-refractivity contribution is 6.24. The van der Waals surface area contributed by atoms with E-state index in [1.807, 2.05) is 20.1 Å². The molecule has 2 aromatic rings. The van der Waals surface area contributed by atoms with Crippen molar-refractivity contribution in [3.05, 3.63) is 47.6 Å². The van der Waals surface area contributed by atoms with E-state index in [0.717, 1.165) is 11.1 Å². The second kappa shape index (κ2) is 4.28. The molecule has 1 aromatic carbocycles. The van der Waals surface area contributed by atoms with Crippen molar-refractivity contribution >= 4 is 24.8 Å². The fourth-order valence-corrected chi connectivity index (χ4v) is 1.52. The highest BCUT2D eigenvalue weighted by Gasteiger charge is 1.94. The molecule has 15 heavy (non-hydrogen) atoms. The van der Waals surface area contributed by atoms with Gasteiger partial charge < -0.3 is 5.73 Å². The highest BCUT2D eigenvalue weighted by atomic mass is 14.6. The Hall–Kier alpha value is -1.61. The molecule has 2 rings (SSSR count). The normalized spacial score (nSPS) is 11.9. The molecule has 0 atom stereocenters. The van der Waals surface area contributed by atoms with Gasteiger partial charge in [0.15, 0.2) is 0 Å². The van der Waals surface area contributed by atoms with E-state index in [2.05, 4.69) is 35.3 Å². The first-order valence-corrected chi connectivity index (χ1v) is 5.01. The van der Waals surface area contributed by atoms with E-state index >= 15 is 0 Å². The van der Waals surface area contributed by atoms with Crippen LogP contribution in [0.25, 0.3) is 17.0 Å². The van der Waals surface area contributed by atoms with Gasteiger partial charge in [-0.3, -0.25) is 4.98 Å². The minimum absolute atomic E-state index is 0.597. The summed E-state index contributed by atoms with van der Waals surface area (Å²) in [5.74, 6) is 0. The van der Waals surface area contributed by atoms with Crippen LogP contribution in [0.4, 0.5) is 0 Å². The van der Waals surface area contributed by atoms with Gasteiger partial charge in [-0.1, -0.05) is 29.7 Å². The van der Waals surface area contributed by atoms with Crippen molar-refractivity contribution in [3.8, 4) is 0 Å². The molecule has 0 unspecified atom stereocenters. The predicted octanol–water partition coefficient (Wildman–Crippen LogP) is 1.17. The third-order valence-electron chi connectivity index (χ3n) is 2.37. The van der Waals surface area contributed by atoms with Crippen LogP contribution in [0.15, 0.2) is 42.0 Å². The molecule has 0 radical (unpaired) electrons. The summed E-state index contributed by atoms with van der Waals surface area (Å²) < 4.78 is 0. The number of nitrogens with zero attached hydrogens (tertiary/aromatic N) is 1. The maximum atomic E-state index is 5.55. The molecule has 1 aromatic heterocycles. The predicted molar refractivity (Wildman–Crippen MR) is 67.3 cm³/mol. The Labute approximate surface area is 90.2 Å². The zero-order valence-corrected chi connectivity index (χ0v) is 8.77. The van der Waals surface area contributed by atoms with Crippen molar-refractivity contribution in [2.75, 3.05) is 6.54 Å². The van der Waals surface area contributed by atoms with Crippen LogP contribution in [0.1, 0.15) is 5.56 Å². The van der Waals surface area contributed by atoms with Gasteiger partial charge in [0.05, 0.1) is 5.52 Å². The number of pyridine rings is 1. The van der Waals surface area contributed by atoms with Gasteiger partial charge in [-0.25, -0.2) is 0 Å². The van der Waals surface area contributed by atoms with E-state index in [1.165, 1.54) is 10.9 Å². The van der Waals surface area contributed by atoms with Crippen molar-refractivity contribution in [2.24, 2.45) is 5.73 Å². The number of benzene rings is 1. The molecule has 0 aliphatic rings. The van der Waals surface area contributed by atoms with Gasteiger partial charge in [-0.2, -0.15) is 0 Å². The Balaban J connectivity index is 2.47. The molecule has 1 heterocycles. The smallest absolute Gasteiger partial charge is 0.135 e. The summed E-state index contributed by atoms with van der Waals surface area (Å²) in [6, 6.07) is 10.3. The van der Waals surface area contributed by atoms with Crippen molar-refractivity contribution < 1.29 is 0 Å². The third kappa shape index (κ3) is 2.25. The molecule has 2 nitrogen and oxygen atoms in total. The van der Waals surface area contributed by atoms with E-state index in [9.17, 15) is 0 Å². The molecule has 0 spiro atoms. The SMILES string of the molecule is B/C(=C/c1ccc2cccnc2c1)CN. The quantitative estimate of drug-likeness (QED) is 0.732. The van der Waals surface area contributed by atoms with Crippen LogP contribution in [-0.4, -0.2) is 19.4 Å². The first-order chi connectivity index (χ1) is 7.29. The van der Waals surface area contributed by atoms with Crippen LogP contribution in [0, 0.1) is 0 Å². The zero-order valence-electron chi connectivity index (χ0n) is 8.77. The first kappa shape index (κ1) is 9.93. The van der Waals surface area contributed by atoms with Gasteiger partial charge in [0.2, 0.25) is 0 Å². The molecule has 0 aliphatic carbocycles. The summed E-state index contributed by atoms with van der Waals surface area (Å²) >= 11 is 0. The fourth-order valence-electron chi connectivity index (χ4n) is 1.52. The highest BCUT2D eigenvalue weighted by Crippen LogP contribution is 2.14. The Kier molecular flexibility index (Phi) is 2.83. The molecule has 74 valence electrons. The van der Waals surface area contributed by atoms with E-state index in [4.69, 9.17) is 5.73 Å². The second-order valence-electron chi connectivity index (χ2n) is 3.65. The lowest BCUT2D eigenvalue weighted by atomic mass is 9.93. The van der Waals surface area contributed by atoms with Gasteiger partial charge in [0.1, 0.15) is 7.85 Å². The number of aromatic nitrogens is 1. The average Bonchev–Trinajstić information content (AvgIpc) is 2.29. The lowest BCUT2D eigenvalue weighted by molar-refractivity contribution is 1.24. The van der Waals surface area contributed by atoms with E-state index in [-0.39, 0.29) is 0 Å². The number of hydrogen-bond acceptors (Lipinski definition) is 2. The number of fused-ring (bicyclic) bond motifs is 1. The first-order valence-electron chi connectivity index (χ1n) is 5.01. The van der Waals surface area contributed by atoms with Crippen LogP contribution in [0.3, 0.4) is 0 Å². The fraction of sp³-hybridized carbons (Fsp3) is 0.0833. The van der Waals surface area contributed by atoms with Crippen LogP contribution in [-0.2, 0) is 0 Å². The van der Waals surface area contributed by atoms with Gasteiger partial charge >= 0.3 is 0 Å². The molecule has 0 amide bonds. The number of hydrogen-bond donors (Lipinski definition) is 1. The topological polar surface area (TPSA) is 38.9 Å². The van der Waals surface area contributed by atoms with Gasteiger partial charge in [0.25, 0.3) is 0 Å². The Morgan fingerprint density at radius 3 is 3.07 bits per heavy atom. The van der Waals surface area contributed by atoms with Gasteiger partial charge in [-0.15, -0.1) is 0 Å². The lowest BCUT2D eigenvalue weighted by Crippen LogP contribution is -2.02. The molecular formula is C12H13BN2. The monoisotopic (exact) mass is 196 g/mol. The summed E-state index contributed by atoms with van der Waals surface area (Å²) in [4.78, 5) is 4.31. The van der Waals surface area contributed by atoms with Crippen LogP contribution < -0.4 is 5.73 Å². The maximum absolute atomic E-state index is 5.55. The summed E-state index contributed by atoms with van der Waals surface area (Å²) in [7, 11) is 2.03. The van der Waals surface area contributed by atoms with E-state index < -0.39 is 0 Å². The minimum atomic E-state index is 0.597. The Morgan fingerprint density at radius 2 is 2.27 bits per heavy atom. The van der Waals surface area contributed by atoms with Crippen LogP contribution in [0.2, 0.25) is 0 Å². The zero-order chi connectivity index (χ0) is 10.7. The summed E-state index contributed by atoms with van der Waals surface area (Å²) in [5, 5.41) is 1.17. The lowest BCUT2D eigenvalue weighted by Gasteiger charge is -2.00.